The number of rotatable bonds is 9. The van der Waals surface area contributed by atoms with E-state index in [2.05, 4.69) is 14.9 Å². The van der Waals surface area contributed by atoms with Gasteiger partial charge in [0.25, 0.3) is 15.9 Å². The topological polar surface area (TPSA) is 186 Å². The van der Waals surface area contributed by atoms with Gasteiger partial charge in [0.1, 0.15) is 16.3 Å². The first-order valence-corrected chi connectivity index (χ1v) is 18.7. The molecule has 1 aliphatic heterocycles. The van der Waals surface area contributed by atoms with Crippen molar-refractivity contribution in [1.29, 1.82) is 0 Å². The van der Waals surface area contributed by atoms with Gasteiger partial charge in [0.05, 0.1) is 36.7 Å². The van der Waals surface area contributed by atoms with Crippen LogP contribution in [0.4, 0.5) is 5.69 Å². The van der Waals surface area contributed by atoms with Crippen LogP contribution in [0.2, 0.25) is 0 Å². The zero-order valence-electron chi connectivity index (χ0n) is 28.4. The third-order valence-electron chi connectivity index (χ3n) is 8.33. The number of sulfonamides is 2. The first-order chi connectivity index (χ1) is 22.5. The number of fused-ring (bicyclic) bond motifs is 1. The first-order valence-electron chi connectivity index (χ1n) is 15.8. The Balaban J connectivity index is 1.68. The van der Waals surface area contributed by atoms with E-state index >= 15 is 0 Å². The van der Waals surface area contributed by atoms with E-state index in [1.165, 1.54) is 45.5 Å². The number of hydrogen-bond acceptors (Lipinski definition) is 11. The Morgan fingerprint density at radius 2 is 1.90 bits per heavy atom. The van der Waals surface area contributed by atoms with E-state index in [9.17, 15) is 26.7 Å². The summed E-state index contributed by atoms with van der Waals surface area (Å²) < 4.78 is 76.0. The second kappa shape index (κ2) is 15.4. The van der Waals surface area contributed by atoms with Crippen molar-refractivity contribution in [2.24, 2.45) is 13.0 Å². The van der Waals surface area contributed by atoms with Crippen molar-refractivity contribution in [3.63, 3.8) is 0 Å². The highest BCUT2D eigenvalue weighted by molar-refractivity contribution is 7.92. The van der Waals surface area contributed by atoms with Crippen molar-refractivity contribution in [3.05, 3.63) is 47.7 Å². The van der Waals surface area contributed by atoms with Crippen LogP contribution in [0.3, 0.4) is 0 Å². The lowest BCUT2D eigenvalue weighted by atomic mass is 10.0. The smallest absolute Gasteiger partial charge is 0.280 e. The van der Waals surface area contributed by atoms with Gasteiger partial charge in [-0.15, -0.1) is 0 Å². The van der Waals surface area contributed by atoms with Gasteiger partial charge in [0.2, 0.25) is 10.0 Å². The first kappa shape index (κ1) is 37.3. The van der Waals surface area contributed by atoms with Gasteiger partial charge >= 0.3 is 0 Å². The zero-order chi connectivity index (χ0) is 35.4. The summed E-state index contributed by atoms with van der Waals surface area (Å²) in [6, 6.07) is 3.83. The number of aryl methyl sites for hydroxylation is 3. The molecule has 3 heterocycles. The quantitative estimate of drug-likeness (QED) is 0.333. The van der Waals surface area contributed by atoms with Gasteiger partial charge < -0.3 is 28.6 Å². The molecule has 0 fully saturated rings. The standard InChI is InChI=1S/C31H46N6O9S2/c1-20-15-37(21(2)18-38)31(39)26-14-25(34-47(40,41)29-17-35(6)19-32-29)11-12-27(26)45-22(3)10-8-9-13-44-28(20)16-36(7)48(42,43)30-23(4)33-46-24(30)5/h11-12,14,17,19-22,28,34,38H,8-10,13,15-16,18H2,1-7H3/t20-,21+,22-,28+/m0/s1. The van der Waals surface area contributed by atoms with Crippen molar-refractivity contribution in [3.8, 4) is 5.75 Å². The minimum atomic E-state index is -4.06. The molecule has 0 bridgehead atoms. The van der Waals surface area contributed by atoms with Gasteiger partial charge in [0, 0.05) is 51.6 Å². The lowest BCUT2D eigenvalue weighted by Gasteiger charge is -2.35. The highest BCUT2D eigenvalue weighted by Gasteiger charge is 2.34. The van der Waals surface area contributed by atoms with Crippen molar-refractivity contribution in [2.75, 3.05) is 38.1 Å². The molecule has 2 N–H and O–H groups in total. The minimum absolute atomic E-state index is 0.00400. The van der Waals surface area contributed by atoms with Crippen LogP contribution >= 0.6 is 0 Å². The normalized spacial score (nSPS) is 21.0. The highest BCUT2D eigenvalue weighted by Crippen LogP contribution is 2.30. The van der Waals surface area contributed by atoms with Gasteiger partial charge in [-0.25, -0.2) is 13.4 Å². The molecule has 0 saturated heterocycles. The maximum Gasteiger partial charge on any atom is 0.280 e. The average Bonchev–Trinajstić information content (AvgIpc) is 3.63. The largest absolute Gasteiger partial charge is 0.490 e. The molecule has 48 heavy (non-hydrogen) atoms. The number of anilines is 1. The minimum Gasteiger partial charge on any atom is -0.490 e. The third-order valence-corrected chi connectivity index (χ3v) is 11.7. The molecule has 266 valence electrons. The Morgan fingerprint density at radius 3 is 2.52 bits per heavy atom. The van der Waals surface area contributed by atoms with E-state index < -0.39 is 44.0 Å². The number of aliphatic hydroxyl groups excluding tert-OH is 1. The molecule has 0 aliphatic carbocycles. The predicted molar refractivity (Wildman–Crippen MR) is 177 cm³/mol. The average molecular weight is 711 g/mol. The lowest BCUT2D eigenvalue weighted by molar-refractivity contribution is -0.00835. The van der Waals surface area contributed by atoms with E-state index in [1.54, 1.807) is 33.9 Å². The summed E-state index contributed by atoms with van der Waals surface area (Å²) in [4.78, 5) is 19.7. The van der Waals surface area contributed by atoms with Crippen LogP contribution in [0.5, 0.6) is 5.75 Å². The van der Waals surface area contributed by atoms with Crippen molar-refractivity contribution >= 4 is 31.6 Å². The van der Waals surface area contributed by atoms with Gasteiger partial charge in [0.15, 0.2) is 10.8 Å². The van der Waals surface area contributed by atoms with E-state index in [1.807, 2.05) is 13.8 Å². The monoisotopic (exact) mass is 710 g/mol. The molecule has 0 unspecified atom stereocenters. The Morgan fingerprint density at radius 1 is 1.17 bits per heavy atom. The molecule has 1 aliphatic rings. The molecule has 1 aromatic carbocycles. The number of aromatic nitrogens is 3. The number of nitrogens with one attached hydrogen (secondary N) is 1. The number of benzene rings is 1. The van der Waals surface area contributed by atoms with Gasteiger partial charge in [-0.1, -0.05) is 12.1 Å². The summed E-state index contributed by atoms with van der Waals surface area (Å²) in [5.74, 6) is -0.449. The van der Waals surface area contributed by atoms with Crippen LogP contribution in [0.1, 0.15) is 61.8 Å². The van der Waals surface area contributed by atoms with Crippen molar-refractivity contribution in [2.45, 2.75) is 82.1 Å². The zero-order valence-corrected chi connectivity index (χ0v) is 30.0. The van der Waals surface area contributed by atoms with E-state index in [0.717, 1.165) is 6.42 Å². The third kappa shape index (κ3) is 8.55. The summed E-state index contributed by atoms with van der Waals surface area (Å²) in [6.07, 6.45) is 3.89. The lowest BCUT2D eigenvalue weighted by Crippen LogP contribution is -2.48. The molecule has 15 nitrogen and oxygen atoms in total. The molecule has 1 amide bonds. The fourth-order valence-corrected chi connectivity index (χ4v) is 8.03. The summed E-state index contributed by atoms with van der Waals surface area (Å²) in [6.45, 7) is 8.61. The molecule has 17 heteroatoms. The fourth-order valence-electron chi connectivity index (χ4n) is 5.53. The van der Waals surface area contributed by atoms with Gasteiger partial charge in [-0.2, -0.15) is 12.7 Å². The van der Waals surface area contributed by atoms with E-state index in [-0.39, 0.29) is 64.2 Å². The van der Waals surface area contributed by atoms with Crippen LogP contribution in [0, 0.1) is 19.8 Å². The van der Waals surface area contributed by atoms with Crippen molar-refractivity contribution in [1.82, 2.24) is 23.9 Å². The Bertz CT molecular complexity index is 1770. The van der Waals surface area contributed by atoms with Crippen LogP contribution in [-0.4, -0.2) is 103 Å². The molecule has 2 aromatic heterocycles. The predicted octanol–water partition coefficient (Wildman–Crippen LogP) is 2.94. The van der Waals surface area contributed by atoms with Crippen molar-refractivity contribution < 1.29 is 40.7 Å². The van der Waals surface area contributed by atoms with Crippen LogP contribution in [0.25, 0.3) is 0 Å². The van der Waals surface area contributed by atoms with Gasteiger partial charge in [-0.3, -0.25) is 9.52 Å². The SMILES string of the molecule is Cc1noc(C)c1S(=O)(=O)N(C)C[C@H]1OCCCC[C@H](C)Oc2ccc(NS(=O)(=O)c3cn(C)cn3)cc2C(=O)N([C@H](C)CO)C[C@@H]1C. The molecular weight excluding hydrogens is 665 g/mol. The molecular formula is C31H46N6O9S2. The summed E-state index contributed by atoms with van der Waals surface area (Å²) >= 11 is 0. The fraction of sp³-hybridized carbons (Fsp3) is 0.581. The number of imidazole rings is 1. The molecule has 4 rings (SSSR count). The number of ether oxygens (including phenoxy) is 2. The summed E-state index contributed by atoms with van der Waals surface area (Å²) in [5, 5.41) is 13.8. The Kier molecular flexibility index (Phi) is 11.9. The van der Waals surface area contributed by atoms with E-state index in [0.29, 0.717) is 19.4 Å². The highest BCUT2D eigenvalue weighted by atomic mass is 32.2. The number of carbonyl (C=O) groups is 1. The number of likely N-dealkylation sites (N-methyl/N-ethyl adjacent to an activating group) is 1. The number of aliphatic hydroxyl groups is 1. The Hall–Kier alpha value is -3.51. The summed E-state index contributed by atoms with van der Waals surface area (Å²) in [7, 11) is -4.92. The Labute approximate surface area is 282 Å². The van der Waals surface area contributed by atoms with E-state index in [4.69, 9.17) is 14.0 Å². The maximum atomic E-state index is 14.3. The number of nitrogens with zero attached hydrogens (tertiary/aromatic N) is 5. The van der Waals surface area contributed by atoms with Crippen LogP contribution < -0.4 is 9.46 Å². The second-order valence-electron chi connectivity index (χ2n) is 12.4. The molecule has 0 saturated carbocycles. The maximum absolute atomic E-state index is 14.3. The second-order valence-corrected chi connectivity index (χ2v) is 16.0. The molecule has 4 atom stereocenters. The molecule has 0 radical (unpaired) electrons. The number of hydrogen-bond donors (Lipinski definition) is 2. The van der Waals surface area contributed by atoms with Crippen LogP contribution in [0.15, 0.2) is 45.2 Å². The molecule has 3 aromatic rings. The summed E-state index contributed by atoms with van der Waals surface area (Å²) in [5.41, 5.74) is 0.481. The number of carbonyl (C=O) groups excluding carboxylic acids is 1. The molecule has 0 spiro atoms. The van der Waals surface area contributed by atoms with Gasteiger partial charge in [-0.05, 0) is 65.2 Å². The van der Waals surface area contributed by atoms with Crippen LogP contribution in [-0.2, 0) is 31.8 Å². The number of amides is 1.